The van der Waals surface area contributed by atoms with Gasteiger partial charge in [0.05, 0.1) is 22.1 Å². The van der Waals surface area contributed by atoms with Crippen molar-refractivity contribution in [1.82, 2.24) is 19.9 Å². The van der Waals surface area contributed by atoms with Gasteiger partial charge < -0.3 is 20.6 Å². The Labute approximate surface area is 218 Å². The molecule has 4 N–H and O–H groups in total. The first kappa shape index (κ1) is 23.2. The summed E-state index contributed by atoms with van der Waals surface area (Å²) in [5.74, 6) is 1.33. The Bertz CT molecular complexity index is 1680. The van der Waals surface area contributed by atoms with Gasteiger partial charge in [-0.15, -0.1) is 0 Å². The summed E-state index contributed by atoms with van der Waals surface area (Å²) in [6.07, 6.45) is 0. The highest BCUT2D eigenvalue weighted by Crippen LogP contribution is 2.30. The van der Waals surface area contributed by atoms with E-state index in [1.54, 1.807) is 0 Å². The van der Waals surface area contributed by atoms with Crippen molar-refractivity contribution in [3.63, 3.8) is 0 Å². The molecule has 0 radical (unpaired) electrons. The second kappa shape index (κ2) is 9.33. The van der Waals surface area contributed by atoms with Gasteiger partial charge in [0.2, 0.25) is 11.8 Å². The quantitative estimate of drug-likeness (QED) is 0.220. The number of nitrogens with one attached hydrogen (secondary N) is 4. The summed E-state index contributed by atoms with van der Waals surface area (Å²) < 4.78 is 0. The van der Waals surface area contributed by atoms with Crippen molar-refractivity contribution in [2.45, 2.75) is 13.8 Å². The van der Waals surface area contributed by atoms with Gasteiger partial charge in [-0.3, -0.25) is 9.59 Å². The van der Waals surface area contributed by atoms with Crippen LogP contribution < -0.4 is 10.6 Å². The van der Waals surface area contributed by atoms with Crippen LogP contribution in [0.25, 0.3) is 56.0 Å². The molecule has 2 aromatic heterocycles. The van der Waals surface area contributed by atoms with E-state index in [2.05, 4.69) is 44.9 Å². The molecule has 2 heterocycles. The van der Waals surface area contributed by atoms with Crippen molar-refractivity contribution in [2.75, 3.05) is 10.6 Å². The van der Waals surface area contributed by atoms with Crippen molar-refractivity contribution < 1.29 is 9.59 Å². The molecule has 4 aromatic carbocycles. The summed E-state index contributed by atoms with van der Waals surface area (Å²) in [4.78, 5) is 38.8. The number of aromatic nitrogens is 4. The van der Waals surface area contributed by atoms with Crippen LogP contribution in [-0.2, 0) is 9.59 Å². The van der Waals surface area contributed by atoms with E-state index in [1.165, 1.54) is 13.8 Å². The highest BCUT2D eigenvalue weighted by Gasteiger charge is 2.10. The Morgan fingerprint density at radius 1 is 0.553 bits per heavy atom. The molecule has 0 aliphatic carbocycles. The lowest BCUT2D eigenvalue weighted by Gasteiger charge is -2.02. The van der Waals surface area contributed by atoms with Crippen LogP contribution >= 0.6 is 0 Å². The van der Waals surface area contributed by atoms with Crippen LogP contribution in [0.1, 0.15) is 13.8 Å². The number of carbonyl (C=O) groups is 2. The van der Waals surface area contributed by atoms with Gasteiger partial charge in [0.25, 0.3) is 0 Å². The number of nitrogens with zero attached hydrogens (tertiary/aromatic N) is 2. The number of aromatic amines is 2. The Kier molecular flexibility index (Phi) is 5.69. The average Bonchev–Trinajstić information content (AvgIpc) is 3.52. The summed E-state index contributed by atoms with van der Waals surface area (Å²) in [5, 5.41) is 5.55. The largest absolute Gasteiger partial charge is 0.338 e. The molecule has 0 aliphatic heterocycles. The minimum Gasteiger partial charge on any atom is -0.338 e. The van der Waals surface area contributed by atoms with Crippen LogP contribution in [0.4, 0.5) is 11.4 Å². The summed E-state index contributed by atoms with van der Waals surface area (Å²) in [5.41, 5.74) is 9.13. The smallest absolute Gasteiger partial charge is 0.221 e. The standard InChI is InChI=1S/C30H24N6O2/c1-17(37)31-23-9-3-19(4-10-23)29-33-25-13-7-21(15-27(25)35-29)22-8-14-26-28(16-22)36-30(34-26)20-5-11-24(12-6-20)32-18(2)38/h3-16H,1-2H3,(H,31,37)(H,32,38)(H,33,35)(H,34,36). The third kappa shape index (κ3) is 4.62. The van der Waals surface area contributed by atoms with Gasteiger partial charge in [0, 0.05) is 36.3 Å². The Balaban J connectivity index is 1.27. The minimum atomic E-state index is -0.101. The fourth-order valence-electron chi connectivity index (χ4n) is 4.48. The number of benzene rings is 4. The molecule has 0 saturated carbocycles. The molecule has 8 heteroatoms. The van der Waals surface area contributed by atoms with Gasteiger partial charge in [0.1, 0.15) is 11.6 Å². The molecule has 0 fully saturated rings. The van der Waals surface area contributed by atoms with Crippen molar-refractivity contribution in [2.24, 2.45) is 0 Å². The highest BCUT2D eigenvalue weighted by molar-refractivity contribution is 5.91. The molecule has 0 saturated heterocycles. The van der Waals surface area contributed by atoms with Crippen LogP contribution in [0.5, 0.6) is 0 Å². The Hall–Kier alpha value is -5.24. The number of imidazole rings is 2. The predicted molar refractivity (Wildman–Crippen MR) is 151 cm³/mol. The molecular weight excluding hydrogens is 476 g/mol. The van der Waals surface area contributed by atoms with Crippen LogP contribution in [0.15, 0.2) is 84.9 Å². The molecule has 6 rings (SSSR count). The molecule has 0 aliphatic rings. The molecule has 0 spiro atoms. The van der Waals surface area contributed by atoms with Crippen molar-refractivity contribution in [1.29, 1.82) is 0 Å². The Morgan fingerprint density at radius 2 is 0.921 bits per heavy atom. The molecule has 0 atom stereocenters. The van der Waals surface area contributed by atoms with Crippen molar-refractivity contribution >= 4 is 45.3 Å². The van der Waals surface area contributed by atoms with Gasteiger partial charge in [-0.05, 0) is 83.9 Å². The van der Waals surface area contributed by atoms with Crippen LogP contribution in [0.3, 0.4) is 0 Å². The number of amides is 2. The number of carbonyl (C=O) groups excluding carboxylic acids is 2. The summed E-state index contributed by atoms with van der Waals surface area (Å²) >= 11 is 0. The summed E-state index contributed by atoms with van der Waals surface area (Å²) in [6, 6.07) is 27.5. The second-order valence-corrected chi connectivity index (χ2v) is 9.15. The fourth-order valence-corrected chi connectivity index (χ4v) is 4.48. The van der Waals surface area contributed by atoms with E-state index in [4.69, 9.17) is 9.97 Å². The number of fused-ring (bicyclic) bond motifs is 2. The van der Waals surface area contributed by atoms with Crippen LogP contribution in [0, 0.1) is 0 Å². The minimum absolute atomic E-state index is 0.101. The second-order valence-electron chi connectivity index (χ2n) is 9.15. The molecule has 186 valence electrons. The predicted octanol–water partition coefficient (Wildman–Crippen LogP) is 6.36. The van der Waals surface area contributed by atoms with Crippen molar-refractivity contribution in [3.05, 3.63) is 84.9 Å². The fraction of sp³-hybridized carbons (Fsp3) is 0.0667. The van der Waals surface area contributed by atoms with E-state index in [0.717, 1.165) is 67.3 Å². The highest BCUT2D eigenvalue weighted by atomic mass is 16.2. The Morgan fingerprint density at radius 3 is 1.29 bits per heavy atom. The molecule has 0 unspecified atom stereocenters. The zero-order chi connectivity index (χ0) is 26.2. The van der Waals surface area contributed by atoms with Crippen molar-refractivity contribution in [3.8, 4) is 33.9 Å². The first-order valence-electron chi connectivity index (χ1n) is 12.2. The maximum atomic E-state index is 11.3. The number of anilines is 2. The number of H-pyrrole nitrogens is 2. The van der Waals surface area contributed by atoms with Crippen LogP contribution in [-0.4, -0.2) is 31.8 Å². The van der Waals surface area contributed by atoms with Gasteiger partial charge in [-0.2, -0.15) is 0 Å². The normalized spacial score (nSPS) is 11.1. The molecule has 6 aromatic rings. The van der Waals surface area contributed by atoms with E-state index in [-0.39, 0.29) is 11.8 Å². The number of hydrogen-bond acceptors (Lipinski definition) is 4. The van der Waals surface area contributed by atoms with E-state index < -0.39 is 0 Å². The zero-order valence-electron chi connectivity index (χ0n) is 20.8. The van der Waals surface area contributed by atoms with E-state index in [9.17, 15) is 9.59 Å². The SMILES string of the molecule is CC(=O)Nc1ccc(-c2nc3ccc(-c4ccc5nc(-c6ccc(NC(C)=O)cc6)[nH]c5c4)cc3[nH]2)cc1. The lowest BCUT2D eigenvalue weighted by atomic mass is 10.0. The lowest BCUT2D eigenvalue weighted by molar-refractivity contribution is -0.115. The van der Waals surface area contributed by atoms with Gasteiger partial charge in [0.15, 0.2) is 0 Å². The maximum absolute atomic E-state index is 11.3. The monoisotopic (exact) mass is 500 g/mol. The molecule has 8 nitrogen and oxygen atoms in total. The third-order valence-corrected chi connectivity index (χ3v) is 6.25. The van der Waals surface area contributed by atoms with E-state index in [0.29, 0.717) is 0 Å². The molecule has 38 heavy (non-hydrogen) atoms. The first-order valence-corrected chi connectivity index (χ1v) is 12.2. The topological polar surface area (TPSA) is 116 Å². The van der Waals surface area contributed by atoms with Gasteiger partial charge >= 0.3 is 0 Å². The zero-order valence-corrected chi connectivity index (χ0v) is 20.8. The third-order valence-electron chi connectivity index (χ3n) is 6.25. The first-order chi connectivity index (χ1) is 18.4. The van der Waals surface area contributed by atoms with Crippen LogP contribution in [0.2, 0.25) is 0 Å². The molecular formula is C30H24N6O2. The molecule has 2 amide bonds. The number of hydrogen-bond donors (Lipinski definition) is 4. The van der Waals surface area contributed by atoms with E-state index >= 15 is 0 Å². The summed E-state index contributed by atoms with van der Waals surface area (Å²) in [6.45, 7) is 2.98. The number of rotatable bonds is 5. The maximum Gasteiger partial charge on any atom is 0.221 e. The molecule has 0 bridgehead atoms. The van der Waals surface area contributed by atoms with E-state index in [1.807, 2.05) is 60.7 Å². The average molecular weight is 501 g/mol. The van der Waals surface area contributed by atoms with Gasteiger partial charge in [-0.25, -0.2) is 9.97 Å². The lowest BCUT2D eigenvalue weighted by Crippen LogP contribution is -2.05. The summed E-state index contributed by atoms with van der Waals surface area (Å²) in [7, 11) is 0. The van der Waals surface area contributed by atoms with Gasteiger partial charge in [-0.1, -0.05) is 12.1 Å².